The van der Waals surface area contributed by atoms with Crippen molar-refractivity contribution >= 4 is 64.0 Å². The summed E-state index contributed by atoms with van der Waals surface area (Å²) in [5.74, 6) is -0.433. The van der Waals surface area contributed by atoms with Gasteiger partial charge in [-0.25, -0.2) is 9.97 Å². The number of ketones is 1. The number of aromatic nitrogens is 2. The van der Waals surface area contributed by atoms with Gasteiger partial charge in [0.25, 0.3) is 11.8 Å². The van der Waals surface area contributed by atoms with Crippen LogP contribution in [-0.4, -0.2) is 118 Å². The lowest BCUT2D eigenvalue weighted by Crippen LogP contribution is -2.54. The van der Waals surface area contributed by atoms with Gasteiger partial charge in [0.15, 0.2) is 5.78 Å². The molecular weight excluding hydrogens is 812 g/mol. The van der Waals surface area contributed by atoms with Gasteiger partial charge in [-0.15, -0.1) is 0 Å². The van der Waals surface area contributed by atoms with Crippen LogP contribution < -0.4 is 20.3 Å². The Morgan fingerprint density at radius 3 is 2.47 bits per heavy atom. The zero-order valence-electron chi connectivity index (χ0n) is 34.0. The number of nitrogens with one attached hydrogen (secondary N) is 2. The van der Waals surface area contributed by atoms with Gasteiger partial charge in [-0.05, 0) is 74.7 Å². The van der Waals surface area contributed by atoms with Crippen molar-refractivity contribution in [2.24, 2.45) is 0 Å². The Labute approximate surface area is 363 Å². The zero-order chi connectivity index (χ0) is 42.9. The lowest BCUT2D eigenvalue weighted by Gasteiger charge is -2.36. The number of anilines is 2. The number of fused-ring (bicyclic) bond motifs is 2. The number of carbonyl (C=O) groups excluding carboxylic acids is 6. The largest absolute Gasteiger partial charge is 0.457 e. The third-order valence-corrected chi connectivity index (χ3v) is 12.6. The van der Waals surface area contributed by atoms with E-state index in [0.29, 0.717) is 73.0 Å². The number of allylic oxidation sites excluding steroid dienone is 2. The molecule has 0 spiro atoms. The molecule has 0 radical (unpaired) electrons. The Morgan fingerprint density at radius 1 is 0.871 bits per heavy atom. The molecule has 62 heavy (non-hydrogen) atoms. The highest BCUT2D eigenvalue weighted by Crippen LogP contribution is 2.37. The van der Waals surface area contributed by atoms with Gasteiger partial charge in [-0.2, -0.15) is 0 Å². The molecule has 2 N–H and O–H groups in total. The molecule has 9 rings (SSSR count). The molecule has 318 valence electrons. The number of Topliss-reactive ketones (excluding diaryl/α,β-unsaturated/α-hetero) is 1. The number of hydrogen-bond acceptors (Lipinski definition) is 12. The molecule has 15 nitrogen and oxygen atoms in total. The third-order valence-electron chi connectivity index (χ3n) is 12.2. The number of benzene rings is 3. The Bertz CT molecular complexity index is 2510. The summed E-state index contributed by atoms with van der Waals surface area (Å²) in [5.41, 5.74) is 3.62. The summed E-state index contributed by atoms with van der Waals surface area (Å²) < 4.78 is 5.90. The monoisotopic (exact) mass is 856 g/mol. The van der Waals surface area contributed by atoms with E-state index in [1.54, 1.807) is 30.3 Å². The van der Waals surface area contributed by atoms with Crippen LogP contribution in [0.3, 0.4) is 0 Å². The van der Waals surface area contributed by atoms with Crippen molar-refractivity contribution in [2.45, 2.75) is 57.0 Å². The van der Waals surface area contributed by atoms with Crippen LogP contribution >= 0.6 is 11.6 Å². The standard InChI is InChI=1S/C46H45ClN8O7/c47-36-25-31(62-30-7-2-1-3-8-30)11-13-33(36)42(58)34-14-15-37-41(34)43(49-27-48-37)50-28-6-4-19-54(26-28)40(57)9-5-18-52-20-22-53(23-21-52)29-10-12-32-35(24-29)46(61)55(45(32)60)38-16-17-39(56)51-44(38)59/h1-3,7-8,10-14,24-25,27-28,38H,4-6,9,15-23,26H2,(H,48,49,50)(H,51,56,59)/t28-,38?/m1/s1. The summed E-state index contributed by atoms with van der Waals surface area (Å²) >= 11 is 6.65. The number of nitrogens with zero attached hydrogens (tertiary/aromatic N) is 6. The van der Waals surface area contributed by atoms with Crippen LogP contribution in [0, 0.1) is 0 Å². The molecule has 3 saturated heterocycles. The lowest BCUT2D eigenvalue weighted by atomic mass is 9.98. The topological polar surface area (TPSA) is 174 Å². The number of piperidine rings is 2. The van der Waals surface area contributed by atoms with Crippen molar-refractivity contribution in [1.82, 2.24) is 30.0 Å². The van der Waals surface area contributed by atoms with E-state index in [0.717, 1.165) is 55.2 Å². The van der Waals surface area contributed by atoms with Crippen LogP contribution in [-0.2, 0) is 20.8 Å². The van der Waals surface area contributed by atoms with Crippen LogP contribution in [0.25, 0.3) is 5.57 Å². The van der Waals surface area contributed by atoms with Gasteiger partial charge in [0.2, 0.25) is 17.7 Å². The Balaban J connectivity index is 0.752. The minimum atomic E-state index is -1.000. The maximum absolute atomic E-state index is 13.9. The number of likely N-dealkylation sites (tertiary alicyclic amines) is 1. The van der Waals surface area contributed by atoms with E-state index < -0.39 is 29.7 Å². The SMILES string of the molecule is O=C1CCC(N2C(=O)c3ccc(N4CCN(CCCC(=O)N5CCC[C@@H](Nc6ncnc7c6C(C(=O)c6ccc(Oc8ccccc8)cc6Cl)=CC7)C5)CC4)cc3C2=O)C(=O)N1. The molecule has 4 aliphatic heterocycles. The normalized spacial score (nSPS) is 20.1. The van der Waals surface area contributed by atoms with Crippen molar-refractivity contribution in [3.8, 4) is 11.5 Å². The minimum Gasteiger partial charge on any atom is -0.457 e. The number of imide groups is 2. The first-order valence-corrected chi connectivity index (χ1v) is 21.5. The summed E-state index contributed by atoms with van der Waals surface area (Å²) in [5, 5.41) is 6.06. The molecular formula is C46H45ClN8O7. The predicted octanol–water partition coefficient (Wildman–Crippen LogP) is 5.15. The quantitative estimate of drug-likeness (QED) is 0.142. The van der Waals surface area contributed by atoms with Crippen molar-refractivity contribution in [1.29, 1.82) is 0 Å². The Kier molecular flexibility index (Phi) is 11.6. The number of hydrogen-bond donors (Lipinski definition) is 2. The third kappa shape index (κ3) is 8.29. The molecule has 1 unspecified atom stereocenters. The van der Waals surface area contributed by atoms with E-state index in [1.807, 2.05) is 47.4 Å². The number of piperazine rings is 1. The van der Waals surface area contributed by atoms with Crippen LogP contribution in [0.1, 0.15) is 80.9 Å². The van der Waals surface area contributed by atoms with E-state index in [-0.39, 0.29) is 46.7 Å². The van der Waals surface area contributed by atoms with Gasteiger partial charge in [0.05, 0.1) is 21.8 Å². The fraction of sp³-hybridized carbons (Fsp3) is 0.348. The second-order valence-corrected chi connectivity index (χ2v) is 16.6. The highest BCUT2D eigenvalue weighted by molar-refractivity contribution is 6.39. The zero-order valence-corrected chi connectivity index (χ0v) is 34.7. The first-order chi connectivity index (χ1) is 30.1. The fourth-order valence-electron chi connectivity index (χ4n) is 9.00. The Hall–Kier alpha value is -6.45. The van der Waals surface area contributed by atoms with Crippen molar-refractivity contribution in [3.05, 3.63) is 112 Å². The first kappa shape index (κ1) is 40.9. The summed E-state index contributed by atoms with van der Waals surface area (Å²) in [4.78, 5) is 94.4. The number of halogens is 1. The maximum atomic E-state index is 13.9. The molecule has 0 saturated carbocycles. The highest BCUT2D eigenvalue weighted by atomic mass is 35.5. The Morgan fingerprint density at radius 2 is 1.68 bits per heavy atom. The molecule has 0 bridgehead atoms. The molecule has 3 aromatic carbocycles. The summed E-state index contributed by atoms with van der Waals surface area (Å²) in [6, 6.07) is 18.5. The van der Waals surface area contributed by atoms with E-state index in [9.17, 15) is 28.8 Å². The molecule has 2 atom stereocenters. The minimum absolute atomic E-state index is 0.0529. The van der Waals surface area contributed by atoms with Crippen molar-refractivity contribution < 1.29 is 33.5 Å². The number of carbonyl (C=O) groups is 6. The second kappa shape index (κ2) is 17.5. The van der Waals surface area contributed by atoms with E-state index in [2.05, 4.69) is 30.4 Å². The molecule has 5 aliphatic rings. The molecule has 5 heterocycles. The lowest BCUT2D eigenvalue weighted by molar-refractivity contribution is -0.136. The highest BCUT2D eigenvalue weighted by Gasteiger charge is 2.45. The van der Waals surface area contributed by atoms with Gasteiger partial charge in [-0.3, -0.25) is 43.9 Å². The van der Waals surface area contributed by atoms with Crippen LogP contribution in [0.2, 0.25) is 5.02 Å². The second-order valence-electron chi connectivity index (χ2n) is 16.2. The van der Waals surface area contributed by atoms with Crippen LogP contribution in [0.15, 0.2) is 79.1 Å². The van der Waals surface area contributed by atoms with Gasteiger partial charge in [-0.1, -0.05) is 35.9 Å². The van der Waals surface area contributed by atoms with Crippen LogP contribution in [0.4, 0.5) is 11.5 Å². The molecule has 1 aliphatic carbocycles. The van der Waals surface area contributed by atoms with Gasteiger partial charge in [0.1, 0.15) is 29.7 Å². The maximum Gasteiger partial charge on any atom is 0.262 e. The molecule has 3 fully saturated rings. The number of para-hydroxylation sites is 1. The fourth-order valence-corrected chi connectivity index (χ4v) is 9.26. The number of ether oxygens (including phenoxy) is 1. The number of rotatable bonds is 12. The summed E-state index contributed by atoms with van der Waals surface area (Å²) in [7, 11) is 0. The number of amides is 5. The molecule has 5 amide bonds. The molecule has 4 aromatic rings. The smallest absolute Gasteiger partial charge is 0.262 e. The molecule has 1 aromatic heterocycles. The van der Waals surface area contributed by atoms with Crippen molar-refractivity contribution in [3.63, 3.8) is 0 Å². The van der Waals surface area contributed by atoms with E-state index in [4.69, 9.17) is 16.3 Å². The van der Waals surface area contributed by atoms with E-state index in [1.165, 1.54) is 6.33 Å². The average molecular weight is 857 g/mol. The van der Waals surface area contributed by atoms with Crippen molar-refractivity contribution in [2.75, 3.05) is 56.0 Å². The molecule has 16 heteroatoms. The van der Waals surface area contributed by atoms with Gasteiger partial charge >= 0.3 is 0 Å². The van der Waals surface area contributed by atoms with E-state index >= 15 is 0 Å². The van der Waals surface area contributed by atoms with Gasteiger partial charge < -0.3 is 19.9 Å². The summed E-state index contributed by atoms with van der Waals surface area (Å²) in [6.45, 7) is 4.96. The van der Waals surface area contributed by atoms with Gasteiger partial charge in [0, 0.05) is 93.0 Å². The summed E-state index contributed by atoms with van der Waals surface area (Å²) in [6.07, 6.45) is 6.89. The predicted molar refractivity (Wildman–Crippen MR) is 230 cm³/mol. The first-order valence-electron chi connectivity index (χ1n) is 21.1. The average Bonchev–Trinajstić information content (AvgIpc) is 3.82. The van der Waals surface area contributed by atoms with Crippen LogP contribution in [0.5, 0.6) is 11.5 Å².